The SMILES string of the molecule is CCc1cc2c(=O)c(-c3nc(C)cs3)coc2c([C@H](c2ccco2)N2CCOCC2)c1O. The number of aromatic nitrogens is 1. The number of fused-ring (bicyclic) bond motifs is 1. The number of thiazole rings is 1. The predicted molar refractivity (Wildman–Crippen MR) is 122 cm³/mol. The molecule has 1 saturated heterocycles. The van der Waals surface area contributed by atoms with Gasteiger partial charge in [-0.1, -0.05) is 6.92 Å². The number of furan rings is 1. The number of aromatic hydroxyl groups is 1. The van der Waals surface area contributed by atoms with E-state index in [1.165, 1.54) is 17.6 Å². The van der Waals surface area contributed by atoms with Gasteiger partial charge in [0.25, 0.3) is 0 Å². The van der Waals surface area contributed by atoms with Gasteiger partial charge in [0.15, 0.2) is 0 Å². The third-order valence-electron chi connectivity index (χ3n) is 5.88. The number of nitrogens with zero attached hydrogens (tertiary/aromatic N) is 2. The van der Waals surface area contributed by atoms with E-state index in [-0.39, 0.29) is 11.2 Å². The summed E-state index contributed by atoms with van der Waals surface area (Å²) in [4.78, 5) is 20.2. The molecule has 32 heavy (non-hydrogen) atoms. The highest BCUT2D eigenvalue weighted by atomic mass is 32.1. The molecule has 3 aromatic heterocycles. The second-order valence-electron chi connectivity index (χ2n) is 7.87. The van der Waals surface area contributed by atoms with Crippen LogP contribution >= 0.6 is 11.3 Å². The van der Waals surface area contributed by atoms with Crippen molar-refractivity contribution < 1.29 is 18.7 Å². The number of hydrogen-bond acceptors (Lipinski definition) is 8. The maximum atomic E-state index is 13.5. The van der Waals surface area contributed by atoms with E-state index in [9.17, 15) is 9.90 Å². The largest absolute Gasteiger partial charge is 0.507 e. The van der Waals surface area contributed by atoms with Crippen LogP contribution in [0.4, 0.5) is 0 Å². The molecule has 0 unspecified atom stereocenters. The molecule has 7 nitrogen and oxygen atoms in total. The van der Waals surface area contributed by atoms with Crippen molar-refractivity contribution in [3.8, 4) is 16.3 Å². The summed E-state index contributed by atoms with van der Waals surface area (Å²) in [5, 5.41) is 14.3. The zero-order valence-electron chi connectivity index (χ0n) is 18.0. The van der Waals surface area contributed by atoms with E-state index < -0.39 is 6.04 Å². The van der Waals surface area contributed by atoms with Crippen molar-refractivity contribution in [3.05, 3.63) is 68.9 Å². The third-order valence-corrected chi connectivity index (χ3v) is 6.87. The van der Waals surface area contributed by atoms with Crippen molar-refractivity contribution in [2.75, 3.05) is 26.3 Å². The Morgan fingerprint density at radius 3 is 2.75 bits per heavy atom. The van der Waals surface area contributed by atoms with Crippen LogP contribution in [-0.2, 0) is 11.2 Å². The minimum Gasteiger partial charge on any atom is -0.507 e. The maximum absolute atomic E-state index is 13.5. The molecular weight excluding hydrogens is 428 g/mol. The van der Waals surface area contributed by atoms with Gasteiger partial charge >= 0.3 is 0 Å². The maximum Gasteiger partial charge on any atom is 0.202 e. The number of phenolic OH excluding ortho intramolecular Hbond substituents is 1. The summed E-state index contributed by atoms with van der Waals surface area (Å²) < 4.78 is 17.4. The molecule has 166 valence electrons. The van der Waals surface area contributed by atoms with E-state index in [0.29, 0.717) is 71.2 Å². The Bertz CT molecular complexity index is 1300. The monoisotopic (exact) mass is 452 g/mol. The lowest BCUT2D eigenvalue weighted by Crippen LogP contribution is -2.39. The molecule has 0 aliphatic carbocycles. The van der Waals surface area contributed by atoms with Crippen molar-refractivity contribution in [1.29, 1.82) is 0 Å². The summed E-state index contributed by atoms with van der Waals surface area (Å²) in [6.45, 7) is 6.36. The van der Waals surface area contributed by atoms with Crippen LogP contribution in [-0.4, -0.2) is 41.3 Å². The van der Waals surface area contributed by atoms with Gasteiger partial charge in [0.05, 0.1) is 36.0 Å². The molecule has 0 amide bonds. The Morgan fingerprint density at radius 2 is 2.09 bits per heavy atom. The highest BCUT2D eigenvalue weighted by Gasteiger charge is 2.33. The lowest BCUT2D eigenvalue weighted by atomic mass is 9.94. The Hall–Kier alpha value is -2.94. The van der Waals surface area contributed by atoms with E-state index in [4.69, 9.17) is 13.6 Å². The third kappa shape index (κ3) is 3.54. The predicted octanol–water partition coefficient (Wildman–Crippen LogP) is 4.51. The van der Waals surface area contributed by atoms with Crippen LogP contribution in [0.25, 0.3) is 21.5 Å². The quantitative estimate of drug-likeness (QED) is 0.477. The fourth-order valence-corrected chi connectivity index (χ4v) is 5.08. The molecule has 1 fully saturated rings. The Labute approximate surface area is 188 Å². The van der Waals surface area contributed by atoms with Gasteiger partial charge < -0.3 is 18.7 Å². The highest BCUT2D eigenvalue weighted by Crippen LogP contribution is 2.42. The van der Waals surface area contributed by atoms with Crippen molar-refractivity contribution in [3.63, 3.8) is 0 Å². The van der Waals surface area contributed by atoms with Gasteiger partial charge in [-0.3, -0.25) is 9.69 Å². The molecule has 8 heteroatoms. The summed E-state index contributed by atoms with van der Waals surface area (Å²) in [6, 6.07) is 5.04. The molecule has 0 saturated carbocycles. The number of morpholine rings is 1. The summed E-state index contributed by atoms with van der Waals surface area (Å²) >= 11 is 1.41. The van der Waals surface area contributed by atoms with Gasteiger partial charge in [-0.2, -0.15) is 0 Å². The van der Waals surface area contributed by atoms with E-state index >= 15 is 0 Å². The molecule has 0 radical (unpaired) electrons. The van der Waals surface area contributed by atoms with Crippen LogP contribution in [0.15, 0.2) is 49.7 Å². The average molecular weight is 453 g/mol. The molecule has 4 aromatic rings. The lowest BCUT2D eigenvalue weighted by molar-refractivity contribution is 0.0198. The van der Waals surface area contributed by atoms with Crippen LogP contribution in [0.3, 0.4) is 0 Å². The van der Waals surface area contributed by atoms with Crippen LogP contribution in [0, 0.1) is 6.92 Å². The number of aryl methyl sites for hydroxylation is 2. The van der Waals surface area contributed by atoms with Gasteiger partial charge in [0.2, 0.25) is 5.43 Å². The van der Waals surface area contributed by atoms with E-state index in [0.717, 1.165) is 5.69 Å². The molecule has 1 aliphatic heterocycles. The van der Waals surface area contributed by atoms with Crippen LogP contribution in [0.5, 0.6) is 5.75 Å². The number of benzene rings is 1. The standard InChI is InChI=1S/C24H24N2O5S/c1-3-15-11-16-22(28)17(24-25-14(2)13-32-24)12-31-23(16)19(21(15)27)20(18-5-4-8-30-18)26-6-9-29-10-7-26/h4-5,8,11-13,20,27H,3,6-7,9-10H2,1-2H3/t20-/m0/s1. The van der Waals surface area contributed by atoms with Gasteiger partial charge in [-0.25, -0.2) is 4.98 Å². The van der Waals surface area contributed by atoms with Crippen LogP contribution in [0.2, 0.25) is 0 Å². The smallest absolute Gasteiger partial charge is 0.202 e. The summed E-state index contributed by atoms with van der Waals surface area (Å²) in [6.07, 6.45) is 3.64. The first-order valence-corrected chi connectivity index (χ1v) is 11.5. The van der Waals surface area contributed by atoms with Gasteiger partial charge in [-0.15, -0.1) is 11.3 Å². The zero-order valence-corrected chi connectivity index (χ0v) is 18.8. The average Bonchev–Trinajstić information content (AvgIpc) is 3.48. The molecule has 1 N–H and O–H groups in total. The first kappa shape index (κ1) is 20.9. The molecular formula is C24H24N2O5S. The Kier molecular flexibility index (Phi) is 5.58. The fourth-order valence-electron chi connectivity index (χ4n) is 4.28. The fraction of sp³-hybridized carbons (Fsp3) is 0.333. The number of ether oxygens (including phenoxy) is 1. The second-order valence-corrected chi connectivity index (χ2v) is 8.73. The summed E-state index contributed by atoms with van der Waals surface area (Å²) in [5.74, 6) is 0.813. The van der Waals surface area contributed by atoms with Crippen molar-refractivity contribution in [2.45, 2.75) is 26.3 Å². The molecule has 5 rings (SSSR count). The zero-order chi connectivity index (χ0) is 22.2. The molecule has 1 aromatic carbocycles. The summed E-state index contributed by atoms with van der Waals surface area (Å²) in [5.41, 5.74) is 2.74. The Balaban J connectivity index is 1.78. The molecule has 0 bridgehead atoms. The number of phenols is 1. The van der Waals surface area contributed by atoms with Crippen molar-refractivity contribution >= 4 is 22.3 Å². The molecule has 4 heterocycles. The van der Waals surface area contributed by atoms with Gasteiger partial charge in [0, 0.05) is 24.2 Å². The van der Waals surface area contributed by atoms with Crippen LogP contribution < -0.4 is 5.43 Å². The minimum atomic E-state index is -0.404. The molecule has 1 atom stereocenters. The number of hydrogen-bond donors (Lipinski definition) is 1. The minimum absolute atomic E-state index is 0.133. The Morgan fingerprint density at radius 1 is 1.28 bits per heavy atom. The normalized spacial score (nSPS) is 15.9. The highest BCUT2D eigenvalue weighted by molar-refractivity contribution is 7.13. The van der Waals surface area contributed by atoms with E-state index in [1.807, 2.05) is 31.4 Å². The first-order chi connectivity index (χ1) is 15.6. The molecule has 1 aliphatic rings. The van der Waals surface area contributed by atoms with Crippen molar-refractivity contribution in [2.24, 2.45) is 0 Å². The van der Waals surface area contributed by atoms with Crippen LogP contribution in [0.1, 0.15) is 35.5 Å². The number of rotatable bonds is 5. The van der Waals surface area contributed by atoms with E-state index in [1.54, 1.807) is 12.3 Å². The second kappa shape index (κ2) is 8.54. The van der Waals surface area contributed by atoms with Gasteiger partial charge in [-0.05, 0) is 37.1 Å². The first-order valence-electron chi connectivity index (χ1n) is 10.7. The molecule has 0 spiro atoms. The van der Waals surface area contributed by atoms with Gasteiger partial charge in [0.1, 0.15) is 34.4 Å². The van der Waals surface area contributed by atoms with Crippen molar-refractivity contribution in [1.82, 2.24) is 9.88 Å². The van der Waals surface area contributed by atoms with E-state index in [2.05, 4.69) is 9.88 Å². The summed E-state index contributed by atoms with van der Waals surface area (Å²) in [7, 11) is 0. The lowest BCUT2D eigenvalue weighted by Gasteiger charge is -2.34. The topological polar surface area (TPSA) is 88.9 Å².